The molecule has 3 aromatic carbocycles. The van der Waals surface area contributed by atoms with Crippen molar-refractivity contribution in [2.45, 2.75) is 56.7 Å². The number of fused-ring (bicyclic) bond motifs is 1. The van der Waals surface area contributed by atoms with Crippen molar-refractivity contribution in [3.8, 4) is 11.3 Å². The molecule has 5 aromatic rings. The molecule has 260 valence electrons. The van der Waals surface area contributed by atoms with E-state index in [9.17, 15) is 23.1 Å². The van der Waals surface area contributed by atoms with Gasteiger partial charge in [0.1, 0.15) is 5.60 Å². The number of piperidine rings is 1. The zero-order chi connectivity index (χ0) is 35.6. The number of carbonyl (C=O) groups excluding carboxylic acids is 1. The Morgan fingerprint density at radius 1 is 1.04 bits per heavy atom. The molecule has 0 radical (unpaired) electrons. The molecule has 50 heavy (non-hydrogen) atoms. The van der Waals surface area contributed by atoms with Crippen LogP contribution in [0.25, 0.3) is 22.2 Å². The van der Waals surface area contributed by atoms with E-state index in [2.05, 4.69) is 15.3 Å². The number of nitrogens with one attached hydrogen (secondary N) is 1. The summed E-state index contributed by atoms with van der Waals surface area (Å²) in [7, 11) is -3.91. The van der Waals surface area contributed by atoms with Gasteiger partial charge in [-0.3, -0.25) is 4.90 Å². The van der Waals surface area contributed by atoms with E-state index in [4.69, 9.17) is 16.3 Å². The molecular formula is C36H37ClN6O6S. The van der Waals surface area contributed by atoms with Crippen LogP contribution in [0, 0.1) is 0 Å². The third-order valence-electron chi connectivity index (χ3n) is 8.28. The smallest absolute Gasteiger partial charge is 0.410 e. The maximum absolute atomic E-state index is 13.6. The van der Waals surface area contributed by atoms with E-state index in [0.29, 0.717) is 47.2 Å². The van der Waals surface area contributed by atoms with Crippen molar-refractivity contribution in [3.63, 3.8) is 0 Å². The summed E-state index contributed by atoms with van der Waals surface area (Å²) in [4.78, 5) is 37.1. The van der Waals surface area contributed by atoms with Gasteiger partial charge in [-0.05, 0) is 69.5 Å². The Morgan fingerprint density at radius 2 is 1.74 bits per heavy atom. The topological polar surface area (TPSA) is 147 Å². The normalized spacial score (nSPS) is 15.1. The first-order valence-corrected chi connectivity index (χ1v) is 17.9. The average Bonchev–Trinajstić information content (AvgIpc) is 3.49. The van der Waals surface area contributed by atoms with E-state index < -0.39 is 27.8 Å². The third kappa shape index (κ3) is 7.53. The van der Waals surface area contributed by atoms with Crippen LogP contribution < -0.4 is 5.32 Å². The predicted octanol–water partition coefficient (Wildman–Crippen LogP) is 7.61. The molecule has 0 bridgehead atoms. The standard InChI is InChI=1S/C36H37ClN6O6S/c1-36(2,3)49-35(46)42(26-10-9-19-41(22-26)34(44)45)21-24-15-17-25(18-16-24)39-33-38-20-30(37)32(40-33)29-23-43(31-14-8-7-13-28(29)31)50(47,48)27-11-5-4-6-12-27/h4-8,11-18,20,23,26H,9-10,19,21-22H2,1-3H3,(H,44,45)(H,38,39,40). The molecule has 6 rings (SSSR count). The summed E-state index contributed by atoms with van der Waals surface area (Å²) < 4.78 is 34.2. The monoisotopic (exact) mass is 716 g/mol. The lowest BCUT2D eigenvalue weighted by Crippen LogP contribution is -2.52. The first-order valence-electron chi connectivity index (χ1n) is 16.1. The molecule has 0 aliphatic carbocycles. The van der Waals surface area contributed by atoms with Gasteiger partial charge in [-0.2, -0.15) is 0 Å². The summed E-state index contributed by atoms with van der Waals surface area (Å²) in [6.45, 7) is 6.25. The minimum absolute atomic E-state index is 0.155. The van der Waals surface area contributed by atoms with Gasteiger partial charge < -0.3 is 20.1 Å². The first-order chi connectivity index (χ1) is 23.8. The van der Waals surface area contributed by atoms with Crippen LogP contribution in [0.3, 0.4) is 0 Å². The van der Waals surface area contributed by atoms with Gasteiger partial charge in [-0.25, -0.2) is 31.9 Å². The lowest BCUT2D eigenvalue weighted by Gasteiger charge is -2.39. The molecule has 1 aliphatic rings. The van der Waals surface area contributed by atoms with Crippen molar-refractivity contribution in [2.24, 2.45) is 0 Å². The fourth-order valence-electron chi connectivity index (χ4n) is 5.93. The number of amides is 2. The summed E-state index contributed by atoms with van der Waals surface area (Å²) in [5.74, 6) is 0.242. The molecule has 0 saturated carbocycles. The second kappa shape index (κ2) is 14.0. The number of anilines is 2. The summed E-state index contributed by atoms with van der Waals surface area (Å²) in [6.07, 6.45) is 2.78. The Bertz CT molecular complexity index is 2130. The van der Waals surface area contributed by atoms with Gasteiger partial charge in [0.05, 0.1) is 33.4 Å². The van der Waals surface area contributed by atoms with Crippen LogP contribution in [-0.2, 0) is 21.3 Å². The van der Waals surface area contributed by atoms with E-state index in [1.54, 1.807) is 68.1 Å². The maximum Gasteiger partial charge on any atom is 0.410 e. The average molecular weight is 717 g/mol. The number of benzene rings is 3. The Labute approximate surface area is 295 Å². The molecule has 1 aliphatic heterocycles. The van der Waals surface area contributed by atoms with Gasteiger partial charge in [-0.1, -0.05) is 60.1 Å². The van der Waals surface area contributed by atoms with E-state index in [0.717, 1.165) is 5.56 Å². The van der Waals surface area contributed by atoms with Gasteiger partial charge in [0.25, 0.3) is 10.0 Å². The number of hydrogen-bond acceptors (Lipinski definition) is 8. The van der Waals surface area contributed by atoms with Crippen LogP contribution in [0.2, 0.25) is 5.02 Å². The Hall–Kier alpha value is -5.14. The molecule has 1 fully saturated rings. The highest BCUT2D eigenvalue weighted by molar-refractivity contribution is 7.90. The molecule has 1 atom stereocenters. The number of carboxylic acid groups (broad SMARTS) is 1. The van der Waals surface area contributed by atoms with Gasteiger partial charge in [0.2, 0.25) is 5.95 Å². The number of carbonyl (C=O) groups is 2. The van der Waals surface area contributed by atoms with E-state index >= 15 is 0 Å². The molecule has 1 saturated heterocycles. The lowest BCUT2D eigenvalue weighted by molar-refractivity contribution is 0.00442. The van der Waals surface area contributed by atoms with Gasteiger partial charge >= 0.3 is 12.2 Å². The molecule has 2 aromatic heterocycles. The summed E-state index contributed by atoms with van der Waals surface area (Å²) >= 11 is 6.61. The van der Waals surface area contributed by atoms with E-state index in [-0.39, 0.29) is 35.0 Å². The second-order valence-corrected chi connectivity index (χ2v) is 15.2. The fraction of sp³-hybridized carbons (Fsp3) is 0.278. The first kappa shape index (κ1) is 34.7. The van der Waals surface area contributed by atoms with Crippen molar-refractivity contribution < 1.29 is 27.9 Å². The zero-order valence-corrected chi connectivity index (χ0v) is 29.4. The summed E-state index contributed by atoms with van der Waals surface area (Å²) in [5.41, 5.74) is 2.13. The number of aromatic nitrogens is 3. The van der Waals surface area contributed by atoms with Gasteiger partial charge in [0.15, 0.2) is 0 Å². The summed E-state index contributed by atoms with van der Waals surface area (Å²) in [5, 5.41) is 13.7. The summed E-state index contributed by atoms with van der Waals surface area (Å²) in [6, 6.07) is 22.4. The minimum Gasteiger partial charge on any atom is -0.465 e. The molecule has 2 amide bonds. The molecule has 1 unspecified atom stereocenters. The van der Waals surface area contributed by atoms with Crippen LogP contribution in [0.15, 0.2) is 96.2 Å². The molecule has 2 N–H and O–H groups in total. The maximum atomic E-state index is 13.6. The van der Waals surface area contributed by atoms with Crippen LogP contribution in [0.1, 0.15) is 39.2 Å². The van der Waals surface area contributed by atoms with Gasteiger partial charge in [0, 0.05) is 42.5 Å². The second-order valence-electron chi connectivity index (χ2n) is 13.0. The van der Waals surface area contributed by atoms with E-state index in [1.165, 1.54) is 21.3 Å². The van der Waals surface area contributed by atoms with Crippen molar-refractivity contribution in [1.29, 1.82) is 0 Å². The highest BCUT2D eigenvalue weighted by Crippen LogP contribution is 2.36. The Balaban J connectivity index is 1.25. The predicted molar refractivity (Wildman–Crippen MR) is 191 cm³/mol. The van der Waals surface area contributed by atoms with Crippen molar-refractivity contribution >= 4 is 56.3 Å². The number of likely N-dealkylation sites (tertiary alicyclic amines) is 1. The number of rotatable bonds is 8. The van der Waals surface area contributed by atoms with Crippen molar-refractivity contribution in [3.05, 3.63) is 102 Å². The lowest BCUT2D eigenvalue weighted by atomic mass is 10.0. The Morgan fingerprint density at radius 3 is 2.44 bits per heavy atom. The fourth-order valence-corrected chi connectivity index (χ4v) is 7.51. The molecular weight excluding hydrogens is 680 g/mol. The number of ether oxygens (including phenoxy) is 1. The van der Waals surface area contributed by atoms with E-state index in [1.807, 2.05) is 36.4 Å². The molecule has 12 nitrogen and oxygen atoms in total. The largest absolute Gasteiger partial charge is 0.465 e. The minimum atomic E-state index is -3.91. The molecule has 3 heterocycles. The quantitative estimate of drug-likeness (QED) is 0.166. The molecule has 0 spiro atoms. The highest BCUT2D eigenvalue weighted by atomic mass is 35.5. The highest BCUT2D eigenvalue weighted by Gasteiger charge is 2.33. The number of halogens is 1. The van der Waals surface area contributed by atoms with Gasteiger partial charge in [-0.15, -0.1) is 0 Å². The Kier molecular flexibility index (Phi) is 9.72. The van der Waals surface area contributed by atoms with Crippen LogP contribution in [-0.4, -0.2) is 74.2 Å². The SMILES string of the molecule is CC(C)(C)OC(=O)N(Cc1ccc(Nc2ncc(Cl)c(-c3cn(S(=O)(=O)c4ccccc4)c4ccccc34)n2)cc1)C1CCCN(C(=O)O)C1. The van der Waals surface area contributed by atoms with Crippen molar-refractivity contribution in [1.82, 2.24) is 23.7 Å². The number of nitrogens with zero attached hydrogens (tertiary/aromatic N) is 5. The molecule has 14 heteroatoms. The number of para-hydroxylation sites is 1. The third-order valence-corrected chi connectivity index (χ3v) is 10.2. The number of hydrogen-bond donors (Lipinski definition) is 2. The van der Waals surface area contributed by atoms with Crippen LogP contribution in [0.5, 0.6) is 0 Å². The van der Waals surface area contributed by atoms with Crippen LogP contribution in [0.4, 0.5) is 21.2 Å². The van der Waals surface area contributed by atoms with Crippen LogP contribution >= 0.6 is 11.6 Å². The van der Waals surface area contributed by atoms with Crippen molar-refractivity contribution in [2.75, 3.05) is 18.4 Å². The zero-order valence-electron chi connectivity index (χ0n) is 27.8.